The van der Waals surface area contributed by atoms with Gasteiger partial charge in [0.05, 0.1) is 10.7 Å². The monoisotopic (exact) mass is 347 g/mol. The van der Waals surface area contributed by atoms with E-state index in [9.17, 15) is 19.7 Å². The Balaban J connectivity index is 1.79. The normalized spacial score (nSPS) is 10.0. The lowest BCUT2D eigenvalue weighted by Crippen LogP contribution is -2.42. The third-order valence-electron chi connectivity index (χ3n) is 2.86. The molecule has 2 amide bonds. The van der Waals surface area contributed by atoms with Crippen molar-refractivity contribution in [3.8, 4) is 5.75 Å². The van der Waals surface area contributed by atoms with E-state index in [0.717, 1.165) is 4.90 Å². The number of thioether (sulfide) groups is 1. The molecule has 2 aromatic carbocycles. The Morgan fingerprint density at radius 2 is 1.67 bits per heavy atom. The summed E-state index contributed by atoms with van der Waals surface area (Å²) in [4.78, 5) is 34.3. The molecule has 0 saturated carbocycles. The molecule has 0 fully saturated rings. The number of nitro groups is 1. The Kier molecular flexibility index (Phi) is 5.74. The van der Waals surface area contributed by atoms with E-state index < -0.39 is 16.7 Å². The SMILES string of the molecule is O=C(CSc1ccc(O)cc1)NNC(=O)c1ccc([N+](=O)[O-])cc1. The summed E-state index contributed by atoms with van der Waals surface area (Å²) in [5.41, 5.74) is 4.55. The van der Waals surface area contributed by atoms with Crippen LogP contribution in [-0.4, -0.2) is 27.6 Å². The Morgan fingerprint density at radius 1 is 1.04 bits per heavy atom. The molecule has 0 aromatic heterocycles. The number of hydrazine groups is 1. The fourth-order valence-electron chi connectivity index (χ4n) is 1.66. The number of phenolic OH excluding ortho intramolecular Hbond substituents is 1. The largest absolute Gasteiger partial charge is 0.508 e. The summed E-state index contributed by atoms with van der Waals surface area (Å²) >= 11 is 1.24. The molecule has 2 rings (SSSR count). The molecule has 0 radical (unpaired) electrons. The predicted octanol–water partition coefficient (Wildman–Crippen LogP) is 1.85. The molecule has 0 saturated heterocycles. The van der Waals surface area contributed by atoms with E-state index in [1.54, 1.807) is 12.1 Å². The van der Waals surface area contributed by atoms with Crippen molar-refractivity contribution in [2.45, 2.75) is 4.90 Å². The van der Waals surface area contributed by atoms with Crippen LogP contribution in [0.2, 0.25) is 0 Å². The number of aromatic hydroxyl groups is 1. The van der Waals surface area contributed by atoms with Crippen molar-refractivity contribution < 1.29 is 19.6 Å². The number of carbonyl (C=O) groups excluding carboxylic acids is 2. The van der Waals surface area contributed by atoms with Crippen LogP contribution in [0.3, 0.4) is 0 Å². The van der Waals surface area contributed by atoms with Crippen LogP contribution >= 0.6 is 11.8 Å². The van der Waals surface area contributed by atoms with Gasteiger partial charge in [0.1, 0.15) is 5.75 Å². The van der Waals surface area contributed by atoms with Crippen molar-refractivity contribution in [3.05, 3.63) is 64.2 Å². The van der Waals surface area contributed by atoms with Gasteiger partial charge in [-0.3, -0.25) is 30.6 Å². The molecule has 0 unspecified atom stereocenters. The van der Waals surface area contributed by atoms with E-state index in [2.05, 4.69) is 10.9 Å². The highest BCUT2D eigenvalue weighted by atomic mass is 32.2. The molecular formula is C15H13N3O5S. The molecule has 0 heterocycles. The molecule has 0 aliphatic heterocycles. The first-order chi connectivity index (χ1) is 11.5. The van der Waals surface area contributed by atoms with Crippen molar-refractivity contribution >= 4 is 29.3 Å². The Hall–Kier alpha value is -3.07. The highest BCUT2D eigenvalue weighted by Crippen LogP contribution is 2.20. The first-order valence-corrected chi connectivity index (χ1v) is 7.70. The van der Waals surface area contributed by atoms with Crippen LogP contribution in [0.4, 0.5) is 5.69 Å². The minimum absolute atomic E-state index is 0.0747. The summed E-state index contributed by atoms with van der Waals surface area (Å²) in [6.45, 7) is 0. The average Bonchev–Trinajstić information content (AvgIpc) is 2.59. The molecule has 0 spiro atoms. The van der Waals surface area contributed by atoms with E-state index >= 15 is 0 Å². The second kappa shape index (κ2) is 7.97. The number of phenols is 1. The standard InChI is InChI=1S/C15H13N3O5S/c19-12-5-7-13(8-6-12)24-9-14(20)16-17-15(21)10-1-3-11(4-2-10)18(22)23/h1-8,19H,9H2,(H,16,20)(H,17,21). The number of nitrogens with one attached hydrogen (secondary N) is 2. The van der Waals surface area contributed by atoms with E-state index in [1.807, 2.05) is 0 Å². The summed E-state index contributed by atoms with van der Waals surface area (Å²) in [6.07, 6.45) is 0. The molecule has 0 aliphatic carbocycles. The lowest BCUT2D eigenvalue weighted by molar-refractivity contribution is -0.384. The summed E-state index contributed by atoms with van der Waals surface area (Å²) in [5.74, 6) is -0.777. The topological polar surface area (TPSA) is 122 Å². The van der Waals surface area contributed by atoms with Crippen molar-refractivity contribution in [2.24, 2.45) is 0 Å². The van der Waals surface area contributed by atoms with Gasteiger partial charge in [0.2, 0.25) is 5.91 Å². The van der Waals surface area contributed by atoms with Gasteiger partial charge < -0.3 is 5.11 Å². The van der Waals surface area contributed by atoms with Crippen molar-refractivity contribution in [1.29, 1.82) is 0 Å². The molecule has 0 aliphatic rings. The third kappa shape index (κ3) is 4.99. The van der Waals surface area contributed by atoms with Gasteiger partial charge in [-0.2, -0.15) is 0 Å². The number of benzene rings is 2. The van der Waals surface area contributed by atoms with Gasteiger partial charge in [-0.25, -0.2) is 0 Å². The molecule has 24 heavy (non-hydrogen) atoms. The highest BCUT2D eigenvalue weighted by Gasteiger charge is 2.10. The number of nitro benzene ring substituents is 1. The van der Waals surface area contributed by atoms with Gasteiger partial charge in [0.25, 0.3) is 11.6 Å². The molecule has 3 N–H and O–H groups in total. The fraction of sp³-hybridized carbons (Fsp3) is 0.0667. The Bertz CT molecular complexity index is 747. The van der Waals surface area contributed by atoms with Crippen LogP contribution < -0.4 is 10.9 Å². The first kappa shape index (κ1) is 17.3. The first-order valence-electron chi connectivity index (χ1n) is 6.71. The minimum atomic E-state index is -0.576. The van der Waals surface area contributed by atoms with Crippen LogP contribution in [0, 0.1) is 10.1 Å². The van der Waals surface area contributed by atoms with Gasteiger partial charge in [-0.15, -0.1) is 11.8 Å². The quantitative estimate of drug-likeness (QED) is 0.431. The number of carbonyl (C=O) groups is 2. The lowest BCUT2D eigenvalue weighted by atomic mass is 10.2. The number of hydrogen-bond acceptors (Lipinski definition) is 6. The number of rotatable bonds is 5. The zero-order valence-electron chi connectivity index (χ0n) is 12.3. The summed E-state index contributed by atoms with van der Waals surface area (Å²) < 4.78 is 0. The zero-order valence-corrected chi connectivity index (χ0v) is 13.1. The van der Waals surface area contributed by atoms with Crippen LogP contribution in [0.25, 0.3) is 0 Å². The second-order valence-electron chi connectivity index (χ2n) is 4.59. The van der Waals surface area contributed by atoms with Crippen molar-refractivity contribution in [3.63, 3.8) is 0 Å². The fourth-order valence-corrected chi connectivity index (χ4v) is 2.36. The molecule has 0 bridgehead atoms. The van der Waals surface area contributed by atoms with E-state index in [4.69, 9.17) is 5.11 Å². The lowest BCUT2D eigenvalue weighted by Gasteiger charge is -2.07. The molecule has 124 valence electrons. The van der Waals surface area contributed by atoms with Gasteiger partial charge in [-0.05, 0) is 36.4 Å². The average molecular weight is 347 g/mol. The van der Waals surface area contributed by atoms with Gasteiger partial charge in [-0.1, -0.05) is 0 Å². The highest BCUT2D eigenvalue weighted by molar-refractivity contribution is 8.00. The van der Waals surface area contributed by atoms with E-state index in [-0.39, 0.29) is 22.8 Å². The second-order valence-corrected chi connectivity index (χ2v) is 5.64. The number of nitrogens with zero attached hydrogens (tertiary/aromatic N) is 1. The maximum absolute atomic E-state index is 11.8. The summed E-state index contributed by atoms with van der Waals surface area (Å²) in [5, 5.41) is 19.7. The van der Waals surface area contributed by atoms with E-state index in [1.165, 1.54) is 48.2 Å². The Labute approximate surface area is 141 Å². The molecule has 9 heteroatoms. The maximum atomic E-state index is 11.8. The van der Waals surface area contributed by atoms with Crippen molar-refractivity contribution in [1.82, 2.24) is 10.9 Å². The molecule has 2 aromatic rings. The van der Waals surface area contributed by atoms with Gasteiger partial charge in [0, 0.05) is 22.6 Å². The maximum Gasteiger partial charge on any atom is 0.269 e. The van der Waals surface area contributed by atoms with Crippen LogP contribution in [0.15, 0.2) is 53.4 Å². The smallest absolute Gasteiger partial charge is 0.269 e. The molecular weight excluding hydrogens is 334 g/mol. The zero-order chi connectivity index (χ0) is 17.5. The van der Waals surface area contributed by atoms with Crippen LogP contribution in [-0.2, 0) is 4.79 Å². The van der Waals surface area contributed by atoms with Crippen LogP contribution in [0.5, 0.6) is 5.75 Å². The van der Waals surface area contributed by atoms with Gasteiger partial charge >= 0.3 is 0 Å². The number of non-ortho nitro benzene ring substituents is 1. The predicted molar refractivity (Wildman–Crippen MR) is 87.5 cm³/mol. The minimum Gasteiger partial charge on any atom is -0.508 e. The molecule has 8 nitrogen and oxygen atoms in total. The van der Waals surface area contributed by atoms with Crippen molar-refractivity contribution in [2.75, 3.05) is 5.75 Å². The summed E-state index contributed by atoms with van der Waals surface area (Å²) in [6, 6.07) is 11.4. The number of hydrogen-bond donors (Lipinski definition) is 3. The third-order valence-corrected chi connectivity index (χ3v) is 3.87. The Morgan fingerprint density at radius 3 is 2.25 bits per heavy atom. The molecule has 0 atom stereocenters. The summed E-state index contributed by atoms with van der Waals surface area (Å²) in [7, 11) is 0. The van der Waals surface area contributed by atoms with Gasteiger partial charge in [0.15, 0.2) is 0 Å². The number of amides is 2. The van der Waals surface area contributed by atoms with Crippen LogP contribution in [0.1, 0.15) is 10.4 Å². The van der Waals surface area contributed by atoms with E-state index in [0.29, 0.717) is 0 Å².